The number of rotatable bonds is 3. The normalized spacial score (nSPS) is 19.3. The lowest BCUT2D eigenvalue weighted by atomic mass is 10.1. The molecule has 0 bridgehead atoms. The zero-order valence-corrected chi connectivity index (χ0v) is 19.9. The van der Waals surface area contributed by atoms with Crippen molar-refractivity contribution in [3.63, 3.8) is 0 Å². The Morgan fingerprint density at radius 1 is 1.15 bits per heavy atom. The summed E-state index contributed by atoms with van der Waals surface area (Å²) in [4.78, 5) is 20.6. The molecule has 7 nitrogen and oxygen atoms in total. The summed E-state index contributed by atoms with van der Waals surface area (Å²) in [5, 5.41) is 5.60. The van der Waals surface area contributed by atoms with Crippen molar-refractivity contribution in [2.24, 2.45) is 0 Å². The summed E-state index contributed by atoms with van der Waals surface area (Å²) >= 11 is 1.44. The van der Waals surface area contributed by atoms with Crippen LogP contribution in [-0.4, -0.2) is 60.7 Å². The van der Waals surface area contributed by atoms with Crippen molar-refractivity contribution in [2.75, 3.05) is 26.2 Å². The van der Waals surface area contributed by atoms with Crippen LogP contribution in [0.3, 0.4) is 0 Å². The Hall–Kier alpha value is -2.77. The van der Waals surface area contributed by atoms with Crippen LogP contribution in [0, 0.1) is 12.3 Å². The first-order valence-electron chi connectivity index (χ1n) is 10.9. The van der Waals surface area contributed by atoms with Crippen molar-refractivity contribution in [2.45, 2.75) is 30.8 Å². The molecular formula is C24H24N4O3S2. The molecule has 0 saturated carbocycles. The molecule has 1 atom stereocenters. The third-order valence-corrected chi connectivity index (χ3v) is 9.19. The van der Waals surface area contributed by atoms with Crippen LogP contribution in [0.2, 0.25) is 0 Å². The van der Waals surface area contributed by atoms with E-state index in [0.717, 1.165) is 39.9 Å². The molecule has 33 heavy (non-hydrogen) atoms. The molecule has 9 heteroatoms. The van der Waals surface area contributed by atoms with E-state index >= 15 is 0 Å². The van der Waals surface area contributed by atoms with Crippen LogP contribution in [0.1, 0.15) is 32.9 Å². The number of benzene rings is 2. The van der Waals surface area contributed by atoms with Gasteiger partial charge in [-0.1, -0.05) is 18.1 Å². The number of fused-ring (bicyclic) bond motifs is 2. The molecule has 1 aromatic heterocycles. The zero-order chi connectivity index (χ0) is 23.2. The van der Waals surface area contributed by atoms with Crippen LogP contribution in [0.4, 0.5) is 0 Å². The minimum absolute atomic E-state index is 0.117. The Morgan fingerprint density at radius 2 is 1.88 bits per heavy atom. The molecule has 0 aliphatic carbocycles. The molecule has 3 heterocycles. The highest BCUT2D eigenvalue weighted by atomic mass is 32.2. The predicted molar refractivity (Wildman–Crippen MR) is 129 cm³/mol. The third-order valence-electron chi connectivity index (χ3n) is 6.21. The van der Waals surface area contributed by atoms with Gasteiger partial charge in [0.15, 0.2) is 5.01 Å². The molecule has 2 aliphatic heterocycles. The number of thiazole rings is 1. The maximum atomic E-state index is 13.2. The van der Waals surface area contributed by atoms with Crippen molar-refractivity contribution in [3.05, 3.63) is 57.5 Å². The maximum Gasteiger partial charge on any atom is 0.282 e. The van der Waals surface area contributed by atoms with Crippen molar-refractivity contribution in [3.8, 4) is 12.3 Å². The van der Waals surface area contributed by atoms with E-state index in [4.69, 9.17) is 6.42 Å². The van der Waals surface area contributed by atoms with Crippen molar-refractivity contribution in [1.29, 1.82) is 0 Å². The summed E-state index contributed by atoms with van der Waals surface area (Å²) in [6.45, 7) is 4.04. The number of amides is 1. The first kappa shape index (κ1) is 22.0. The number of terminal acetylenes is 1. The quantitative estimate of drug-likeness (QED) is 0.583. The van der Waals surface area contributed by atoms with Crippen molar-refractivity contribution in [1.82, 2.24) is 19.5 Å². The van der Waals surface area contributed by atoms with Gasteiger partial charge in [0.25, 0.3) is 5.91 Å². The average molecular weight is 481 g/mol. The molecule has 2 aromatic carbocycles. The number of sulfonamides is 1. The lowest BCUT2D eigenvalue weighted by Crippen LogP contribution is -2.50. The highest BCUT2D eigenvalue weighted by molar-refractivity contribution is 7.89. The van der Waals surface area contributed by atoms with Gasteiger partial charge in [-0.3, -0.25) is 4.79 Å². The topological polar surface area (TPSA) is 82.6 Å². The summed E-state index contributed by atoms with van der Waals surface area (Å²) < 4.78 is 27.9. The number of nitrogens with one attached hydrogen (secondary N) is 1. The largest absolute Gasteiger partial charge is 0.334 e. The van der Waals surface area contributed by atoms with E-state index in [1.165, 1.54) is 15.6 Å². The highest BCUT2D eigenvalue weighted by Gasteiger charge is 2.32. The molecule has 1 amide bonds. The van der Waals surface area contributed by atoms with E-state index in [-0.39, 0.29) is 23.9 Å². The number of aromatic nitrogens is 1. The number of carbonyl (C=O) groups excluding carboxylic acids is 1. The van der Waals surface area contributed by atoms with Gasteiger partial charge >= 0.3 is 0 Å². The van der Waals surface area contributed by atoms with Crippen molar-refractivity contribution >= 4 is 38.0 Å². The van der Waals surface area contributed by atoms with E-state index < -0.39 is 10.0 Å². The van der Waals surface area contributed by atoms with Gasteiger partial charge in [0, 0.05) is 55.6 Å². The minimum atomic E-state index is -3.66. The molecule has 0 radical (unpaired) electrons. The van der Waals surface area contributed by atoms with Gasteiger partial charge in [-0.05, 0) is 42.0 Å². The standard InChI is InChI=1S/C24H24N4O3S2/c1-3-17-4-5-19-14-20(7-6-18(19)13-17)33(30,31)28-10-8-27(9-11-28)24(29)23-26-21-12-16(2)25-15-22(21)32-23/h1,4-7,13-14,16,25H,8-12,15H2,2H3. The van der Waals surface area contributed by atoms with Gasteiger partial charge < -0.3 is 10.2 Å². The third kappa shape index (κ3) is 4.15. The molecule has 1 fully saturated rings. The lowest BCUT2D eigenvalue weighted by Gasteiger charge is -2.33. The molecule has 3 aromatic rings. The molecule has 1 unspecified atom stereocenters. The first-order chi connectivity index (χ1) is 15.8. The molecule has 0 spiro atoms. The molecular weight excluding hydrogens is 456 g/mol. The maximum absolute atomic E-state index is 13.2. The lowest BCUT2D eigenvalue weighted by molar-refractivity contribution is 0.0697. The van der Waals surface area contributed by atoms with Crippen LogP contribution in [0.15, 0.2) is 41.3 Å². The Balaban J connectivity index is 1.29. The fraction of sp³-hybridized carbons (Fsp3) is 0.333. The highest BCUT2D eigenvalue weighted by Crippen LogP contribution is 2.26. The number of nitrogens with zero attached hydrogens (tertiary/aromatic N) is 3. The van der Waals surface area contributed by atoms with E-state index in [1.807, 2.05) is 12.1 Å². The van der Waals surface area contributed by atoms with E-state index in [2.05, 4.69) is 23.1 Å². The van der Waals surface area contributed by atoms with Gasteiger partial charge in [0.2, 0.25) is 10.0 Å². The summed E-state index contributed by atoms with van der Waals surface area (Å²) in [6.07, 6.45) is 6.27. The average Bonchev–Trinajstić information content (AvgIpc) is 3.26. The van der Waals surface area contributed by atoms with Crippen LogP contribution in [0.5, 0.6) is 0 Å². The molecule has 170 valence electrons. The summed E-state index contributed by atoms with van der Waals surface area (Å²) in [6, 6.07) is 10.9. The Bertz CT molecular complexity index is 1380. The Kier molecular flexibility index (Phi) is 5.70. The zero-order valence-electron chi connectivity index (χ0n) is 18.2. The minimum Gasteiger partial charge on any atom is -0.334 e. The molecule has 5 rings (SSSR count). The summed E-state index contributed by atoms with van der Waals surface area (Å²) in [5.41, 5.74) is 1.76. The first-order valence-corrected chi connectivity index (χ1v) is 13.1. The SMILES string of the molecule is C#Cc1ccc2cc(S(=O)(=O)N3CCN(C(=O)c4nc5c(s4)CNC(C)C5)CC3)ccc2c1. The fourth-order valence-corrected chi connectivity index (χ4v) is 6.76. The monoisotopic (exact) mass is 480 g/mol. The Morgan fingerprint density at radius 3 is 2.64 bits per heavy atom. The van der Waals surface area contributed by atoms with Gasteiger partial charge in [0.1, 0.15) is 0 Å². The van der Waals surface area contributed by atoms with Gasteiger partial charge in [-0.2, -0.15) is 4.31 Å². The predicted octanol–water partition coefficient (Wildman–Crippen LogP) is 2.46. The molecule has 1 saturated heterocycles. The second kappa shape index (κ2) is 8.54. The number of hydrogen-bond donors (Lipinski definition) is 1. The second-order valence-corrected chi connectivity index (χ2v) is 11.5. The number of hydrogen-bond acceptors (Lipinski definition) is 6. The van der Waals surface area contributed by atoms with Gasteiger partial charge in [0.05, 0.1) is 10.6 Å². The van der Waals surface area contributed by atoms with Crippen LogP contribution in [0.25, 0.3) is 10.8 Å². The smallest absolute Gasteiger partial charge is 0.282 e. The van der Waals surface area contributed by atoms with Crippen LogP contribution in [-0.2, 0) is 23.0 Å². The summed E-state index contributed by atoms with van der Waals surface area (Å²) in [7, 11) is -3.66. The van der Waals surface area contributed by atoms with Crippen LogP contribution >= 0.6 is 11.3 Å². The molecule has 1 N–H and O–H groups in total. The molecule has 2 aliphatic rings. The van der Waals surface area contributed by atoms with E-state index in [9.17, 15) is 13.2 Å². The van der Waals surface area contributed by atoms with Crippen molar-refractivity contribution < 1.29 is 13.2 Å². The van der Waals surface area contributed by atoms with Gasteiger partial charge in [-0.15, -0.1) is 17.8 Å². The fourth-order valence-electron chi connectivity index (χ4n) is 4.29. The second-order valence-electron chi connectivity index (χ2n) is 8.44. The number of piperazine rings is 1. The summed E-state index contributed by atoms with van der Waals surface area (Å²) in [5.74, 6) is 2.47. The van der Waals surface area contributed by atoms with E-state index in [1.54, 1.807) is 29.2 Å². The van der Waals surface area contributed by atoms with Crippen LogP contribution < -0.4 is 5.32 Å². The number of carbonyl (C=O) groups is 1. The van der Waals surface area contributed by atoms with E-state index in [0.29, 0.717) is 24.1 Å². The van der Waals surface area contributed by atoms with Gasteiger partial charge in [-0.25, -0.2) is 13.4 Å². The Labute approximate surface area is 197 Å².